The highest BCUT2D eigenvalue weighted by molar-refractivity contribution is 5.41. The number of rotatable bonds is 6. The number of hydrogen-bond donors (Lipinski definition) is 0. The first-order valence-electron chi connectivity index (χ1n) is 11.7. The molecule has 170 valence electrons. The Morgan fingerprint density at radius 3 is 2.68 bits per heavy atom. The minimum atomic E-state index is 0.331. The molecule has 1 unspecified atom stereocenters. The minimum Gasteiger partial charge on any atom is -0.464 e. The number of aryl methyl sites for hydroxylation is 1. The van der Waals surface area contributed by atoms with E-state index in [1.165, 1.54) is 17.7 Å². The molecular weight excluding hydrogens is 388 g/mol. The van der Waals surface area contributed by atoms with Gasteiger partial charge in [-0.15, -0.1) is 0 Å². The highest BCUT2D eigenvalue weighted by Gasteiger charge is 2.26. The maximum atomic E-state index is 5.69. The van der Waals surface area contributed by atoms with Crippen LogP contribution in [-0.4, -0.2) is 71.6 Å². The predicted octanol–water partition coefficient (Wildman–Crippen LogP) is 3.56. The molecule has 7 heteroatoms. The average molecular weight is 427 g/mol. The van der Waals surface area contributed by atoms with Crippen molar-refractivity contribution in [2.45, 2.75) is 52.6 Å². The van der Waals surface area contributed by atoms with Gasteiger partial charge in [0.2, 0.25) is 0 Å². The highest BCUT2D eigenvalue weighted by atomic mass is 16.5. The van der Waals surface area contributed by atoms with E-state index >= 15 is 0 Å². The third-order valence-electron chi connectivity index (χ3n) is 5.95. The molecule has 0 N–H and O–H groups in total. The van der Waals surface area contributed by atoms with E-state index in [1.807, 2.05) is 33.0 Å². The maximum Gasteiger partial charge on any atom is 0.318 e. The fraction of sp³-hybridized carbons (Fsp3) is 0.625. The number of likely N-dealkylation sites (N-methyl/N-ethyl adjacent to an activating group) is 1. The Kier molecular flexibility index (Phi) is 8.60. The van der Waals surface area contributed by atoms with Gasteiger partial charge >= 0.3 is 6.01 Å². The van der Waals surface area contributed by atoms with Gasteiger partial charge in [0.25, 0.3) is 0 Å². The summed E-state index contributed by atoms with van der Waals surface area (Å²) in [5, 5.41) is 0. The van der Waals surface area contributed by atoms with Gasteiger partial charge in [-0.3, -0.25) is 9.88 Å². The number of nitrogens with zero attached hydrogens (tertiary/aromatic N) is 6. The molecule has 1 aliphatic carbocycles. The zero-order valence-corrected chi connectivity index (χ0v) is 19.8. The number of ether oxygens (including phenoxy) is 1. The molecule has 0 bridgehead atoms. The number of fused-ring (bicyclic) bond motifs is 1. The normalized spacial score (nSPS) is 18.9. The van der Waals surface area contributed by atoms with Crippen molar-refractivity contribution in [3.8, 4) is 6.01 Å². The molecule has 0 spiro atoms. The van der Waals surface area contributed by atoms with Crippen LogP contribution in [0.5, 0.6) is 6.01 Å². The summed E-state index contributed by atoms with van der Waals surface area (Å²) in [7, 11) is 4.34. The molecule has 1 atom stereocenters. The average Bonchev–Trinajstić information content (AvgIpc) is 2.80. The number of pyridine rings is 1. The molecule has 1 saturated heterocycles. The molecule has 4 rings (SSSR count). The second kappa shape index (κ2) is 11.4. The number of aromatic nitrogens is 3. The van der Waals surface area contributed by atoms with Crippen LogP contribution in [0.15, 0.2) is 24.4 Å². The van der Waals surface area contributed by atoms with Crippen LogP contribution in [-0.2, 0) is 13.0 Å². The van der Waals surface area contributed by atoms with Crippen molar-refractivity contribution in [3.63, 3.8) is 0 Å². The maximum absolute atomic E-state index is 5.69. The van der Waals surface area contributed by atoms with Crippen molar-refractivity contribution in [3.05, 3.63) is 41.3 Å². The summed E-state index contributed by atoms with van der Waals surface area (Å²) < 4.78 is 5.69. The van der Waals surface area contributed by atoms with Gasteiger partial charge in [-0.05, 0) is 51.9 Å². The van der Waals surface area contributed by atoms with Crippen LogP contribution in [0.3, 0.4) is 0 Å². The van der Waals surface area contributed by atoms with Crippen LogP contribution < -0.4 is 9.64 Å². The SMILES string of the molecule is CC.CCOc1nc(CN(C)C2CCCc3cccnc32)cc(N2CCN(C)CC2)n1. The molecular formula is C24H38N6O. The van der Waals surface area contributed by atoms with E-state index in [4.69, 9.17) is 14.7 Å². The Morgan fingerprint density at radius 2 is 1.94 bits per heavy atom. The van der Waals surface area contributed by atoms with Crippen LogP contribution in [0, 0.1) is 0 Å². The molecule has 0 aromatic carbocycles. The summed E-state index contributed by atoms with van der Waals surface area (Å²) in [5.41, 5.74) is 3.61. The Hall–Kier alpha value is -2.25. The van der Waals surface area contributed by atoms with Crippen LogP contribution in [0.4, 0.5) is 5.82 Å². The molecule has 2 aromatic rings. The van der Waals surface area contributed by atoms with Crippen molar-refractivity contribution in [1.82, 2.24) is 24.8 Å². The van der Waals surface area contributed by atoms with Crippen molar-refractivity contribution in [2.24, 2.45) is 0 Å². The van der Waals surface area contributed by atoms with E-state index in [1.54, 1.807) is 0 Å². The summed E-state index contributed by atoms with van der Waals surface area (Å²) >= 11 is 0. The molecule has 0 amide bonds. The lowest BCUT2D eigenvalue weighted by molar-refractivity contribution is 0.205. The van der Waals surface area contributed by atoms with Gasteiger partial charge in [0.15, 0.2) is 0 Å². The lowest BCUT2D eigenvalue weighted by atomic mass is 9.91. The lowest BCUT2D eigenvalue weighted by Crippen LogP contribution is -2.45. The first-order valence-corrected chi connectivity index (χ1v) is 11.7. The third-order valence-corrected chi connectivity index (χ3v) is 5.95. The smallest absolute Gasteiger partial charge is 0.318 e. The van der Waals surface area contributed by atoms with E-state index in [-0.39, 0.29) is 0 Å². The first kappa shape index (κ1) is 23.4. The molecule has 2 aliphatic rings. The Bertz CT molecular complexity index is 821. The predicted molar refractivity (Wildman–Crippen MR) is 126 cm³/mol. The highest BCUT2D eigenvalue weighted by Crippen LogP contribution is 2.33. The fourth-order valence-electron chi connectivity index (χ4n) is 4.31. The summed E-state index contributed by atoms with van der Waals surface area (Å²) in [6.07, 6.45) is 5.38. The Morgan fingerprint density at radius 1 is 1.16 bits per heavy atom. The van der Waals surface area contributed by atoms with Crippen molar-refractivity contribution in [2.75, 3.05) is 51.8 Å². The molecule has 2 aromatic heterocycles. The van der Waals surface area contributed by atoms with Gasteiger partial charge in [0, 0.05) is 45.0 Å². The zero-order valence-electron chi connectivity index (χ0n) is 19.8. The van der Waals surface area contributed by atoms with Gasteiger partial charge in [-0.1, -0.05) is 19.9 Å². The van der Waals surface area contributed by atoms with E-state index in [0.717, 1.165) is 57.1 Å². The molecule has 0 radical (unpaired) electrons. The van der Waals surface area contributed by atoms with Crippen molar-refractivity contribution in [1.29, 1.82) is 0 Å². The Balaban J connectivity index is 0.00000132. The van der Waals surface area contributed by atoms with Crippen LogP contribution in [0.25, 0.3) is 0 Å². The summed E-state index contributed by atoms with van der Waals surface area (Å²) in [4.78, 5) is 21.1. The van der Waals surface area contributed by atoms with Gasteiger partial charge in [-0.25, -0.2) is 0 Å². The van der Waals surface area contributed by atoms with Gasteiger partial charge < -0.3 is 14.5 Å². The fourth-order valence-corrected chi connectivity index (χ4v) is 4.31. The van der Waals surface area contributed by atoms with Crippen molar-refractivity contribution >= 4 is 5.82 Å². The second-order valence-electron chi connectivity index (χ2n) is 8.09. The van der Waals surface area contributed by atoms with Crippen molar-refractivity contribution < 1.29 is 4.74 Å². The molecule has 1 fully saturated rings. The Labute approximate surface area is 187 Å². The zero-order chi connectivity index (χ0) is 22.2. The summed E-state index contributed by atoms with van der Waals surface area (Å²) in [6.45, 7) is 11.4. The first-order chi connectivity index (χ1) is 15.1. The van der Waals surface area contributed by atoms with E-state index in [2.05, 4.69) is 45.9 Å². The molecule has 31 heavy (non-hydrogen) atoms. The molecule has 1 aliphatic heterocycles. The van der Waals surface area contributed by atoms with Crippen LogP contribution in [0.1, 0.15) is 56.6 Å². The third kappa shape index (κ3) is 5.92. The number of anilines is 1. The standard InChI is InChI=1S/C22H32N6O.C2H6/c1-4-29-22-24-18(15-20(25-22)28-13-11-26(2)12-14-28)16-27(3)19-9-5-7-17-8-6-10-23-21(17)19;1-2/h6,8,10,15,19H,4-5,7,9,11-14,16H2,1-3H3;1-2H3. The summed E-state index contributed by atoms with van der Waals surface area (Å²) in [6, 6.07) is 7.20. The number of piperazine rings is 1. The van der Waals surface area contributed by atoms with Crippen LogP contribution in [0.2, 0.25) is 0 Å². The topological polar surface area (TPSA) is 57.6 Å². The minimum absolute atomic E-state index is 0.331. The lowest BCUT2D eigenvalue weighted by Gasteiger charge is -2.34. The summed E-state index contributed by atoms with van der Waals surface area (Å²) in [5.74, 6) is 0.974. The van der Waals surface area contributed by atoms with E-state index in [9.17, 15) is 0 Å². The van der Waals surface area contributed by atoms with Crippen LogP contribution >= 0.6 is 0 Å². The monoisotopic (exact) mass is 426 g/mol. The quantitative estimate of drug-likeness (QED) is 0.700. The van der Waals surface area contributed by atoms with Gasteiger partial charge in [0.1, 0.15) is 5.82 Å². The largest absolute Gasteiger partial charge is 0.464 e. The number of hydrogen-bond acceptors (Lipinski definition) is 7. The molecule has 7 nitrogen and oxygen atoms in total. The van der Waals surface area contributed by atoms with Gasteiger partial charge in [0.05, 0.1) is 24.0 Å². The van der Waals surface area contributed by atoms with Gasteiger partial charge in [-0.2, -0.15) is 9.97 Å². The van der Waals surface area contributed by atoms with E-state index < -0.39 is 0 Å². The molecule has 0 saturated carbocycles. The van der Waals surface area contributed by atoms with E-state index in [0.29, 0.717) is 18.7 Å². The molecule has 3 heterocycles. The second-order valence-corrected chi connectivity index (χ2v) is 8.09.